The van der Waals surface area contributed by atoms with Crippen molar-refractivity contribution in [2.24, 2.45) is 4.99 Å². The summed E-state index contributed by atoms with van der Waals surface area (Å²) in [6, 6.07) is 4.07. The molecule has 0 aromatic carbocycles. The summed E-state index contributed by atoms with van der Waals surface area (Å²) in [4.78, 5) is 18.2. The average Bonchev–Trinajstić information content (AvgIpc) is 3.23. The zero-order chi connectivity index (χ0) is 16.5. The van der Waals surface area contributed by atoms with E-state index in [1.807, 2.05) is 24.0 Å². The van der Waals surface area contributed by atoms with Crippen LogP contribution in [0.3, 0.4) is 0 Å². The molecule has 0 radical (unpaired) electrons. The first-order chi connectivity index (χ1) is 11.2. The molecule has 1 fully saturated rings. The summed E-state index contributed by atoms with van der Waals surface area (Å²) in [6.45, 7) is 8.46. The molecule has 2 N–H and O–H groups in total. The smallest absolute Gasteiger partial charge is 0.222 e. The van der Waals surface area contributed by atoms with Gasteiger partial charge in [-0.25, -0.2) is 0 Å². The Morgan fingerprint density at radius 1 is 1.61 bits per heavy atom. The summed E-state index contributed by atoms with van der Waals surface area (Å²) < 4.78 is 5.31. The second-order valence-corrected chi connectivity index (χ2v) is 5.55. The number of likely N-dealkylation sites (tertiary alicyclic amines) is 1. The quantitative estimate of drug-likeness (QED) is 0.455. The topological polar surface area (TPSA) is 69.9 Å². The standard InChI is InChI=1S/C17H26N4O2/c1-3-9-18-17(19-10-7-15-6-5-12-23-15)20-14-8-11-21(13-14)16(22)4-2/h3,5-6,12,14H,1,4,7-11,13H2,2H3,(H2,18,19,20). The highest BCUT2D eigenvalue weighted by molar-refractivity contribution is 5.81. The highest BCUT2D eigenvalue weighted by Crippen LogP contribution is 2.10. The Bertz CT molecular complexity index is 525. The van der Waals surface area contributed by atoms with Gasteiger partial charge in [0.1, 0.15) is 5.76 Å². The van der Waals surface area contributed by atoms with Crippen LogP contribution in [0.15, 0.2) is 40.5 Å². The van der Waals surface area contributed by atoms with Crippen molar-refractivity contribution in [3.63, 3.8) is 0 Å². The first-order valence-electron chi connectivity index (χ1n) is 8.18. The first-order valence-corrected chi connectivity index (χ1v) is 8.18. The molecule has 1 aromatic rings. The van der Waals surface area contributed by atoms with Crippen molar-refractivity contribution in [3.05, 3.63) is 36.8 Å². The lowest BCUT2D eigenvalue weighted by Crippen LogP contribution is -2.45. The monoisotopic (exact) mass is 318 g/mol. The van der Waals surface area contributed by atoms with Gasteiger partial charge in [0, 0.05) is 45.1 Å². The van der Waals surface area contributed by atoms with Crippen LogP contribution in [-0.4, -0.2) is 49.0 Å². The van der Waals surface area contributed by atoms with Gasteiger partial charge in [-0.1, -0.05) is 13.0 Å². The van der Waals surface area contributed by atoms with Crippen molar-refractivity contribution in [2.75, 3.05) is 26.2 Å². The lowest BCUT2D eigenvalue weighted by molar-refractivity contribution is -0.129. The maximum absolute atomic E-state index is 11.7. The van der Waals surface area contributed by atoms with Crippen LogP contribution in [0.5, 0.6) is 0 Å². The predicted octanol–water partition coefficient (Wildman–Crippen LogP) is 1.55. The van der Waals surface area contributed by atoms with Crippen molar-refractivity contribution in [2.45, 2.75) is 32.2 Å². The summed E-state index contributed by atoms with van der Waals surface area (Å²) in [7, 11) is 0. The second kappa shape index (κ2) is 9.02. The first kappa shape index (κ1) is 17.1. The molecule has 0 aliphatic carbocycles. The molecule has 0 bridgehead atoms. The third-order valence-electron chi connectivity index (χ3n) is 3.81. The Hall–Kier alpha value is -2.24. The van der Waals surface area contributed by atoms with Gasteiger partial charge in [0.25, 0.3) is 0 Å². The molecule has 126 valence electrons. The number of aliphatic imine (C=N–C) groups is 1. The molecule has 23 heavy (non-hydrogen) atoms. The van der Waals surface area contributed by atoms with Gasteiger partial charge in [0.05, 0.1) is 6.26 Å². The van der Waals surface area contributed by atoms with Crippen molar-refractivity contribution in [3.8, 4) is 0 Å². The van der Waals surface area contributed by atoms with Crippen molar-refractivity contribution in [1.29, 1.82) is 0 Å². The van der Waals surface area contributed by atoms with Gasteiger partial charge in [-0.15, -0.1) is 6.58 Å². The van der Waals surface area contributed by atoms with E-state index in [2.05, 4.69) is 22.2 Å². The maximum Gasteiger partial charge on any atom is 0.222 e. The Balaban J connectivity index is 1.85. The fourth-order valence-electron chi connectivity index (χ4n) is 2.58. The minimum atomic E-state index is 0.213. The molecule has 1 unspecified atom stereocenters. The normalized spacial score (nSPS) is 18.0. The number of nitrogens with zero attached hydrogens (tertiary/aromatic N) is 2. The number of guanidine groups is 1. The van der Waals surface area contributed by atoms with Crippen LogP contribution < -0.4 is 10.6 Å². The molecular formula is C17H26N4O2. The molecule has 1 atom stereocenters. The third kappa shape index (κ3) is 5.47. The van der Waals surface area contributed by atoms with Crippen LogP contribution in [0.25, 0.3) is 0 Å². The molecule has 2 heterocycles. The van der Waals surface area contributed by atoms with Crippen LogP contribution in [-0.2, 0) is 11.2 Å². The zero-order valence-electron chi connectivity index (χ0n) is 13.8. The van der Waals surface area contributed by atoms with E-state index in [0.717, 1.165) is 37.7 Å². The number of carbonyl (C=O) groups excluding carboxylic acids is 1. The number of furan rings is 1. The molecule has 2 rings (SSSR count). The van der Waals surface area contributed by atoms with Crippen LogP contribution in [0.1, 0.15) is 25.5 Å². The summed E-state index contributed by atoms with van der Waals surface area (Å²) >= 11 is 0. The number of rotatable bonds is 7. The van der Waals surface area contributed by atoms with Gasteiger partial charge < -0.3 is 20.0 Å². The van der Waals surface area contributed by atoms with Gasteiger partial charge in [0.2, 0.25) is 5.91 Å². The third-order valence-corrected chi connectivity index (χ3v) is 3.81. The fraction of sp³-hybridized carbons (Fsp3) is 0.529. The van der Waals surface area contributed by atoms with E-state index in [0.29, 0.717) is 19.5 Å². The molecule has 1 saturated heterocycles. The highest BCUT2D eigenvalue weighted by atomic mass is 16.3. The number of carbonyl (C=O) groups is 1. The molecule has 1 aromatic heterocycles. The number of amides is 1. The van der Waals surface area contributed by atoms with Gasteiger partial charge in [-0.3, -0.25) is 9.79 Å². The number of hydrogen-bond donors (Lipinski definition) is 2. The fourth-order valence-corrected chi connectivity index (χ4v) is 2.58. The Kier molecular flexibility index (Phi) is 6.72. The van der Waals surface area contributed by atoms with Crippen molar-refractivity contribution in [1.82, 2.24) is 15.5 Å². The lowest BCUT2D eigenvalue weighted by atomic mass is 10.3. The average molecular weight is 318 g/mol. The van der Waals surface area contributed by atoms with E-state index in [-0.39, 0.29) is 11.9 Å². The van der Waals surface area contributed by atoms with E-state index < -0.39 is 0 Å². The predicted molar refractivity (Wildman–Crippen MR) is 91.3 cm³/mol. The highest BCUT2D eigenvalue weighted by Gasteiger charge is 2.25. The minimum Gasteiger partial charge on any atom is -0.469 e. The van der Waals surface area contributed by atoms with Crippen LogP contribution in [0.4, 0.5) is 0 Å². The molecule has 0 saturated carbocycles. The second-order valence-electron chi connectivity index (χ2n) is 5.55. The van der Waals surface area contributed by atoms with Gasteiger partial charge in [0.15, 0.2) is 5.96 Å². The Morgan fingerprint density at radius 3 is 3.17 bits per heavy atom. The lowest BCUT2D eigenvalue weighted by Gasteiger charge is -2.18. The van der Waals surface area contributed by atoms with E-state index in [9.17, 15) is 4.79 Å². The molecule has 1 amide bonds. The van der Waals surface area contributed by atoms with Crippen LogP contribution in [0.2, 0.25) is 0 Å². The zero-order valence-corrected chi connectivity index (χ0v) is 13.8. The number of hydrogen-bond acceptors (Lipinski definition) is 3. The summed E-state index contributed by atoms with van der Waals surface area (Å²) in [6.07, 6.45) is 5.74. The molecule has 1 aliphatic rings. The van der Waals surface area contributed by atoms with Gasteiger partial charge in [-0.2, -0.15) is 0 Å². The molecule has 6 nitrogen and oxygen atoms in total. The maximum atomic E-state index is 11.7. The van der Waals surface area contributed by atoms with E-state index in [1.165, 1.54) is 0 Å². The van der Waals surface area contributed by atoms with Crippen molar-refractivity contribution >= 4 is 11.9 Å². The van der Waals surface area contributed by atoms with Gasteiger partial charge >= 0.3 is 0 Å². The molecule has 6 heteroatoms. The summed E-state index contributed by atoms with van der Waals surface area (Å²) in [5, 5.41) is 6.63. The summed E-state index contributed by atoms with van der Waals surface area (Å²) in [5.74, 6) is 1.90. The van der Waals surface area contributed by atoms with E-state index >= 15 is 0 Å². The molecule has 1 aliphatic heterocycles. The van der Waals surface area contributed by atoms with E-state index in [1.54, 1.807) is 12.3 Å². The number of nitrogens with one attached hydrogen (secondary N) is 2. The minimum absolute atomic E-state index is 0.213. The Labute approximate surface area is 137 Å². The van der Waals surface area contributed by atoms with Crippen LogP contribution >= 0.6 is 0 Å². The van der Waals surface area contributed by atoms with Gasteiger partial charge in [-0.05, 0) is 18.6 Å². The van der Waals surface area contributed by atoms with Crippen molar-refractivity contribution < 1.29 is 9.21 Å². The van der Waals surface area contributed by atoms with Crippen LogP contribution in [0, 0.1) is 0 Å². The van der Waals surface area contributed by atoms with E-state index in [4.69, 9.17) is 4.42 Å². The molecule has 0 spiro atoms. The largest absolute Gasteiger partial charge is 0.469 e. The Morgan fingerprint density at radius 2 is 2.48 bits per heavy atom. The summed E-state index contributed by atoms with van der Waals surface area (Å²) in [5.41, 5.74) is 0. The molecular weight excluding hydrogens is 292 g/mol. The SMILES string of the molecule is C=CCNC(=NCCc1ccco1)NC1CCN(C(=O)CC)C1.